The summed E-state index contributed by atoms with van der Waals surface area (Å²) in [5.41, 5.74) is 5.25. The predicted octanol–water partition coefficient (Wildman–Crippen LogP) is 1.83. The van der Waals surface area contributed by atoms with Crippen LogP contribution in [0.3, 0.4) is 0 Å². The van der Waals surface area contributed by atoms with Gasteiger partial charge < -0.3 is 15.8 Å². The molecule has 1 amide bonds. The highest BCUT2D eigenvalue weighted by Crippen LogP contribution is 2.40. The molecule has 0 bridgehead atoms. The van der Waals surface area contributed by atoms with E-state index < -0.39 is 5.54 Å². The highest BCUT2D eigenvalue weighted by atomic mass is 16.5. The second-order valence-electron chi connectivity index (χ2n) is 6.60. The van der Waals surface area contributed by atoms with E-state index in [0.29, 0.717) is 17.9 Å². The summed E-state index contributed by atoms with van der Waals surface area (Å²) in [5.74, 6) is 0.748. The summed E-state index contributed by atoms with van der Waals surface area (Å²) in [7, 11) is 0. The lowest BCUT2D eigenvalue weighted by Crippen LogP contribution is -2.58. The third kappa shape index (κ3) is 3.69. The number of hydrogen-bond acceptors (Lipinski definition) is 3. The fourth-order valence-corrected chi connectivity index (χ4v) is 3.19. The topological polar surface area (TPSA) is 64.3 Å². The fraction of sp³-hybridized carbons (Fsp3) is 0.933. The van der Waals surface area contributed by atoms with Crippen molar-refractivity contribution in [2.75, 3.05) is 13.2 Å². The number of ether oxygens (including phenoxy) is 1. The van der Waals surface area contributed by atoms with Crippen LogP contribution in [-0.2, 0) is 9.53 Å². The molecule has 0 radical (unpaired) electrons. The summed E-state index contributed by atoms with van der Waals surface area (Å²) in [6, 6.07) is 0.518. The Morgan fingerprint density at radius 1 is 1.42 bits per heavy atom. The molecule has 2 rings (SSSR count). The average molecular weight is 268 g/mol. The number of hydrogen-bond donors (Lipinski definition) is 2. The zero-order valence-corrected chi connectivity index (χ0v) is 12.3. The number of carbonyl (C=O) groups excluding carboxylic acids is 1. The Bertz CT molecular complexity index is 315. The Labute approximate surface area is 116 Å². The molecule has 110 valence electrons. The van der Waals surface area contributed by atoms with Gasteiger partial charge in [-0.3, -0.25) is 4.79 Å². The third-order valence-electron chi connectivity index (χ3n) is 4.36. The van der Waals surface area contributed by atoms with E-state index >= 15 is 0 Å². The van der Waals surface area contributed by atoms with Gasteiger partial charge in [-0.25, -0.2) is 0 Å². The summed E-state index contributed by atoms with van der Waals surface area (Å²) in [4.78, 5) is 12.0. The highest BCUT2D eigenvalue weighted by molar-refractivity contribution is 5.85. The van der Waals surface area contributed by atoms with Gasteiger partial charge in [0.15, 0.2) is 0 Å². The van der Waals surface area contributed by atoms with Crippen LogP contribution >= 0.6 is 0 Å². The lowest BCUT2D eigenvalue weighted by molar-refractivity contribution is -0.126. The predicted molar refractivity (Wildman–Crippen MR) is 75.7 cm³/mol. The van der Waals surface area contributed by atoms with Gasteiger partial charge in [-0.05, 0) is 43.9 Å². The Balaban J connectivity index is 1.87. The van der Waals surface area contributed by atoms with Gasteiger partial charge in [-0.2, -0.15) is 0 Å². The van der Waals surface area contributed by atoms with E-state index in [9.17, 15) is 4.79 Å². The van der Waals surface area contributed by atoms with Crippen molar-refractivity contribution >= 4 is 5.91 Å². The Kier molecular flexibility index (Phi) is 4.85. The first-order valence-corrected chi connectivity index (χ1v) is 7.70. The zero-order valence-electron chi connectivity index (χ0n) is 12.3. The number of rotatable bonds is 8. The molecule has 0 heterocycles. The molecule has 4 nitrogen and oxygen atoms in total. The van der Waals surface area contributed by atoms with Crippen molar-refractivity contribution in [2.24, 2.45) is 17.6 Å². The number of nitrogens with two attached hydrogens (primary N) is 1. The van der Waals surface area contributed by atoms with Crippen molar-refractivity contribution in [3.8, 4) is 0 Å². The van der Waals surface area contributed by atoms with E-state index in [4.69, 9.17) is 10.5 Å². The zero-order chi connectivity index (χ0) is 13.9. The SMILES string of the molecule is CC(C)COCCC1CCCC1(NC1CC1)C(N)=O. The smallest absolute Gasteiger partial charge is 0.238 e. The van der Waals surface area contributed by atoms with E-state index in [1.807, 2.05) is 0 Å². The molecule has 2 aliphatic carbocycles. The quantitative estimate of drug-likeness (QED) is 0.660. The van der Waals surface area contributed by atoms with Gasteiger partial charge in [-0.15, -0.1) is 0 Å². The van der Waals surface area contributed by atoms with E-state index in [2.05, 4.69) is 19.2 Å². The van der Waals surface area contributed by atoms with Gasteiger partial charge in [-0.1, -0.05) is 20.3 Å². The fourth-order valence-electron chi connectivity index (χ4n) is 3.19. The summed E-state index contributed by atoms with van der Waals surface area (Å²) >= 11 is 0. The van der Waals surface area contributed by atoms with Crippen LogP contribution in [0.5, 0.6) is 0 Å². The van der Waals surface area contributed by atoms with Crippen molar-refractivity contribution in [3.63, 3.8) is 0 Å². The van der Waals surface area contributed by atoms with Crippen molar-refractivity contribution < 1.29 is 9.53 Å². The lowest BCUT2D eigenvalue weighted by atomic mass is 9.84. The lowest BCUT2D eigenvalue weighted by Gasteiger charge is -2.34. The average Bonchev–Trinajstić information content (AvgIpc) is 3.04. The second kappa shape index (κ2) is 6.23. The molecule has 0 aromatic rings. The van der Waals surface area contributed by atoms with Crippen LogP contribution in [0.25, 0.3) is 0 Å². The molecule has 3 N–H and O–H groups in total. The van der Waals surface area contributed by atoms with Crippen LogP contribution in [0.4, 0.5) is 0 Å². The van der Waals surface area contributed by atoms with Crippen LogP contribution in [0.15, 0.2) is 0 Å². The van der Waals surface area contributed by atoms with Crippen LogP contribution in [0.1, 0.15) is 52.4 Å². The number of nitrogens with one attached hydrogen (secondary N) is 1. The molecular weight excluding hydrogens is 240 g/mol. The molecule has 2 saturated carbocycles. The van der Waals surface area contributed by atoms with E-state index in [0.717, 1.165) is 38.9 Å². The van der Waals surface area contributed by atoms with Gasteiger partial charge >= 0.3 is 0 Å². The molecule has 2 aliphatic rings. The standard InChI is InChI=1S/C15H28N2O2/c1-11(2)10-19-9-7-12-4-3-8-15(12,14(16)18)17-13-5-6-13/h11-13,17H,3-10H2,1-2H3,(H2,16,18). The largest absolute Gasteiger partial charge is 0.381 e. The summed E-state index contributed by atoms with van der Waals surface area (Å²) < 4.78 is 5.67. The third-order valence-corrected chi connectivity index (χ3v) is 4.36. The first-order valence-electron chi connectivity index (χ1n) is 7.70. The van der Waals surface area contributed by atoms with E-state index in [1.165, 1.54) is 12.8 Å². The molecule has 2 atom stereocenters. The van der Waals surface area contributed by atoms with Gasteiger partial charge in [0.1, 0.15) is 5.54 Å². The maximum absolute atomic E-state index is 12.0. The van der Waals surface area contributed by atoms with Gasteiger partial charge in [0.25, 0.3) is 0 Å². The van der Waals surface area contributed by atoms with E-state index in [-0.39, 0.29) is 5.91 Å². The Morgan fingerprint density at radius 2 is 2.16 bits per heavy atom. The van der Waals surface area contributed by atoms with Crippen LogP contribution < -0.4 is 11.1 Å². The minimum atomic E-state index is -0.456. The molecular formula is C15H28N2O2. The maximum atomic E-state index is 12.0. The highest BCUT2D eigenvalue weighted by Gasteiger charge is 2.49. The summed E-state index contributed by atoms with van der Waals surface area (Å²) in [6.07, 6.45) is 6.39. The van der Waals surface area contributed by atoms with E-state index in [1.54, 1.807) is 0 Å². The van der Waals surface area contributed by atoms with Crippen molar-refractivity contribution in [1.29, 1.82) is 0 Å². The van der Waals surface area contributed by atoms with Crippen molar-refractivity contribution in [1.82, 2.24) is 5.32 Å². The molecule has 19 heavy (non-hydrogen) atoms. The molecule has 0 saturated heterocycles. The van der Waals surface area contributed by atoms with Gasteiger partial charge in [0.2, 0.25) is 5.91 Å². The molecule has 4 heteroatoms. The molecule has 2 fully saturated rings. The second-order valence-corrected chi connectivity index (χ2v) is 6.60. The Morgan fingerprint density at radius 3 is 2.74 bits per heavy atom. The monoisotopic (exact) mass is 268 g/mol. The molecule has 0 spiro atoms. The Hall–Kier alpha value is -0.610. The first kappa shape index (κ1) is 14.8. The number of primary amides is 1. The minimum absolute atomic E-state index is 0.161. The number of carbonyl (C=O) groups is 1. The van der Waals surface area contributed by atoms with Crippen molar-refractivity contribution in [2.45, 2.75) is 64.0 Å². The molecule has 0 aromatic heterocycles. The van der Waals surface area contributed by atoms with Crippen LogP contribution in [0, 0.1) is 11.8 Å². The molecule has 0 aliphatic heterocycles. The summed E-state index contributed by atoms with van der Waals surface area (Å²) in [5, 5.41) is 3.54. The van der Waals surface area contributed by atoms with Crippen LogP contribution in [-0.4, -0.2) is 30.7 Å². The van der Waals surface area contributed by atoms with Gasteiger partial charge in [0.05, 0.1) is 0 Å². The maximum Gasteiger partial charge on any atom is 0.238 e. The van der Waals surface area contributed by atoms with Crippen LogP contribution in [0.2, 0.25) is 0 Å². The van der Waals surface area contributed by atoms with Gasteiger partial charge in [0, 0.05) is 19.3 Å². The normalized spacial score (nSPS) is 31.0. The summed E-state index contributed by atoms with van der Waals surface area (Å²) in [6.45, 7) is 5.84. The molecule has 2 unspecified atom stereocenters. The minimum Gasteiger partial charge on any atom is -0.381 e. The first-order chi connectivity index (χ1) is 9.04. The number of amides is 1. The van der Waals surface area contributed by atoms with Crippen molar-refractivity contribution in [3.05, 3.63) is 0 Å². The molecule has 0 aromatic carbocycles.